The van der Waals surface area contributed by atoms with Gasteiger partial charge in [-0.1, -0.05) is 30.0 Å². The number of nitrogens with zero attached hydrogens (tertiary/aromatic N) is 4. The molecule has 0 aliphatic heterocycles. The maximum Gasteiger partial charge on any atom is 0.232 e. The number of aromatic nitrogens is 3. The van der Waals surface area contributed by atoms with Crippen molar-refractivity contribution < 1.29 is 4.79 Å². The van der Waals surface area contributed by atoms with Crippen molar-refractivity contribution in [3.05, 3.63) is 71.8 Å². The molecule has 0 spiro atoms. The molecule has 1 aromatic carbocycles. The second-order valence-corrected chi connectivity index (χ2v) is 7.49. The molecular weight excluding hydrogens is 356 g/mol. The molecule has 0 saturated heterocycles. The monoisotopic (exact) mass is 380 g/mol. The van der Waals surface area contributed by atoms with Crippen molar-refractivity contribution in [1.82, 2.24) is 19.4 Å². The number of benzene rings is 1. The van der Waals surface area contributed by atoms with Crippen LogP contribution in [0.15, 0.2) is 60.1 Å². The lowest BCUT2D eigenvalue weighted by Gasteiger charge is -2.17. The number of amides is 1. The minimum absolute atomic E-state index is 0.0893. The van der Waals surface area contributed by atoms with Crippen molar-refractivity contribution >= 4 is 17.7 Å². The number of pyridine rings is 1. The fraction of sp³-hybridized carbons (Fsp3) is 0.286. The largest absolute Gasteiger partial charge is 0.345 e. The van der Waals surface area contributed by atoms with Gasteiger partial charge in [0.2, 0.25) is 5.91 Å². The Balaban J connectivity index is 1.59. The van der Waals surface area contributed by atoms with E-state index in [1.54, 1.807) is 17.3 Å². The van der Waals surface area contributed by atoms with E-state index in [2.05, 4.69) is 42.0 Å². The Morgan fingerprint density at radius 1 is 1.15 bits per heavy atom. The SMILES string of the molecule is Cc1ccc(C)c(-n2ccnc2SCC(=O)N(C)CCc2ccccn2)c1. The summed E-state index contributed by atoms with van der Waals surface area (Å²) in [5.41, 5.74) is 4.48. The Hall–Kier alpha value is -2.60. The molecule has 0 saturated carbocycles. The van der Waals surface area contributed by atoms with Gasteiger partial charge in [-0.2, -0.15) is 0 Å². The average Bonchev–Trinajstić information content (AvgIpc) is 3.15. The summed E-state index contributed by atoms with van der Waals surface area (Å²) in [5, 5.41) is 0.829. The van der Waals surface area contributed by atoms with Gasteiger partial charge in [0.05, 0.1) is 11.4 Å². The molecule has 140 valence electrons. The Kier molecular flexibility index (Phi) is 6.29. The first-order valence-corrected chi connectivity index (χ1v) is 9.91. The second kappa shape index (κ2) is 8.86. The third-order valence-electron chi connectivity index (χ3n) is 4.41. The van der Waals surface area contributed by atoms with Crippen molar-refractivity contribution in [3.8, 4) is 5.69 Å². The molecule has 2 heterocycles. The van der Waals surface area contributed by atoms with E-state index in [-0.39, 0.29) is 5.91 Å². The predicted octanol–water partition coefficient (Wildman–Crippen LogP) is 3.68. The summed E-state index contributed by atoms with van der Waals surface area (Å²) in [6.07, 6.45) is 6.25. The highest BCUT2D eigenvalue weighted by Gasteiger charge is 2.13. The molecule has 27 heavy (non-hydrogen) atoms. The van der Waals surface area contributed by atoms with E-state index in [0.29, 0.717) is 12.3 Å². The molecule has 2 aromatic heterocycles. The van der Waals surface area contributed by atoms with E-state index in [0.717, 1.165) is 23.0 Å². The molecule has 3 rings (SSSR count). The number of thioether (sulfide) groups is 1. The van der Waals surface area contributed by atoms with E-state index >= 15 is 0 Å². The van der Waals surface area contributed by atoms with Gasteiger partial charge in [-0.25, -0.2) is 4.98 Å². The number of aryl methyl sites for hydroxylation is 2. The van der Waals surface area contributed by atoms with Crippen LogP contribution in [0.3, 0.4) is 0 Å². The maximum atomic E-state index is 12.5. The zero-order valence-electron chi connectivity index (χ0n) is 15.9. The van der Waals surface area contributed by atoms with Crippen LogP contribution in [-0.2, 0) is 11.2 Å². The van der Waals surface area contributed by atoms with Gasteiger partial charge in [-0.3, -0.25) is 14.3 Å². The highest BCUT2D eigenvalue weighted by molar-refractivity contribution is 7.99. The Morgan fingerprint density at radius 2 is 2.00 bits per heavy atom. The fourth-order valence-electron chi connectivity index (χ4n) is 2.75. The van der Waals surface area contributed by atoms with E-state index < -0.39 is 0 Å². The number of rotatable bonds is 7. The molecule has 0 aliphatic carbocycles. The van der Waals surface area contributed by atoms with Crippen molar-refractivity contribution in [3.63, 3.8) is 0 Å². The molecule has 6 heteroatoms. The minimum Gasteiger partial charge on any atom is -0.345 e. The van der Waals surface area contributed by atoms with Crippen molar-refractivity contribution in [2.45, 2.75) is 25.4 Å². The van der Waals surface area contributed by atoms with Crippen LogP contribution in [0.4, 0.5) is 0 Å². The number of carbonyl (C=O) groups excluding carboxylic acids is 1. The van der Waals surface area contributed by atoms with Gasteiger partial charge >= 0.3 is 0 Å². The zero-order chi connectivity index (χ0) is 19.2. The third kappa shape index (κ3) is 4.98. The van der Waals surface area contributed by atoms with Gasteiger partial charge < -0.3 is 4.90 Å². The van der Waals surface area contributed by atoms with Crippen LogP contribution in [0.2, 0.25) is 0 Å². The average molecular weight is 381 g/mol. The molecule has 0 aliphatic rings. The molecule has 1 amide bonds. The summed E-state index contributed by atoms with van der Waals surface area (Å²) in [7, 11) is 1.84. The van der Waals surface area contributed by atoms with Gasteiger partial charge in [0.25, 0.3) is 0 Å². The number of carbonyl (C=O) groups is 1. The molecule has 0 bridgehead atoms. The van der Waals surface area contributed by atoms with Crippen LogP contribution in [0, 0.1) is 13.8 Å². The topological polar surface area (TPSA) is 51.0 Å². The number of likely N-dealkylation sites (N-methyl/N-ethyl adjacent to an activating group) is 1. The van der Waals surface area contributed by atoms with Crippen molar-refractivity contribution in [2.75, 3.05) is 19.3 Å². The summed E-state index contributed by atoms with van der Waals surface area (Å²) < 4.78 is 2.05. The van der Waals surface area contributed by atoms with Crippen LogP contribution in [0.25, 0.3) is 5.69 Å². The first kappa shape index (κ1) is 19.2. The molecule has 0 N–H and O–H groups in total. The van der Waals surface area contributed by atoms with E-state index in [1.165, 1.54) is 22.9 Å². The molecule has 0 atom stereocenters. The normalized spacial score (nSPS) is 10.8. The first-order chi connectivity index (χ1) is 13.0. The standard InChI is InChI=1S/C21H24N4OS/c1-16-7-8-17(2)19(14-16)25-13-11-23-21(25)27-15-20(26)24(3)12-9-18-6-4-5-10-22-18/h4-8,10-11,13-14H,9,12,15H2,1-3H3. The molecule has 5 nitrogen and oxygen atoms in total. The summed E-state index contributed by atoms with van der Waals surface area (Å²) in [4.78, 5) is 23.0. The number of imidazole rings is 1. The third-order valence-corrected chi connectivity index (χ3v) is 5.36. The van der Waals surface area contributed by atoms with Gasteiger partial charge in [0, 0.05) is 44.3 Å². The summed E-state index contributed by atoms with van der Waals surface area (Å²) in [6, 6.07) is 12.2. The first-order valence-electron chi connectivity index (χ1n) is 8.92. The van der Waals surface area contributed by atoms with Gasteiger partial charge in [-0.05, 0) is 43.2 Å². The molecule has 3 aromatic rings. The lowest BCUT2D eigenvalue weighted by Crippen LogP contribution is -2.30. The zero-order valence-corrected chi connectivity index (χ0v) is 16.7. The van der Waals surface area contributed by atoms with Gasteiger partial charge in [0.15, 0.2) is 5.16 Å². The molecule has 0 unspecified atom stereocenters. The van der Waals surface area contributed by atoms with Gasteiger partial charge in [0.1, 0.15) is 0 Å². The van der Waals surface area contributed by atoms with Crippen LogP contribution >= 0.6 is 11.8 Å². The maximum absolute atomic E-state index is 12.5. The second-order valence-electron chi connectivity index (χ2n) is 6.54. The number of hydrogen-bond acceptors (Lipinski definition) is 4. The van der Waals surface area contributed by atoms with Crippen molar-refractivity contribution in [1.29, 1.82) is 0 Å². The quantitative estimate of drug-likeness (QED) is 0.587. The summed E-state index contributed by atoms with van der Waals surface area (Å²) in [6.45, 7) is 4.81. The number of hydrogen-bond donors (Lipinski definition) is 0. The minimum atomic E-state index is 0.0893. The Morgan fingerprint density at radius 3 is 2.78 bits per heavy atom. The van der Waals surface area contributed by atoms with Crippen molar-refractivity contribution in [2.24, 2.45) is 0 Å². The van der Waals surface area contributed by atoms with Crippen LogP contribution < -0.4 is 0 Å². The lowest BCUT2D eigenvalue weighted by molar-refractivity contribution is -0.127. The Labute approximate surface area is 164 Å². The molecule has 0 fully saturated rings. The highest BCUT2D eigenvalue weighted by Crippen LogP contribution is 2.23. The highest BCUT2D eigenvalue weighted by atomic mass is 32.2. The summed E-state index contributed by atoms with van der Waals surface area (Å²) >= 11 is 1.47. The van der Waals surface area contributed by atoms with Crippen LogP contribution in [-0.4, -0.2) is 44.7 Å². The Bertz CT molecular complexity index is 908. The lowest BCUT2D eigenvalue weighted by atomic mass is 10.1. The van der Waals surface area contributed by atoms with Crippen LogP contribution in [0.5, 0.6) is 0 Å². The summed E-state index contributed by atoms with van der Waals surface area (Å²) in [5.74, 6) is 0.451. The van der Waals surface area contributed by atoms with E-state index in [1.807, 2.05) is 36.0 Å². The van der Waals surface area contributed by atoms with E-state index in [4.69, 9.17) is 0 Å². The molecule has 0 radical (unpaired) electrons. The van der Waals surface area contributed by atoms with E-state index in [9.17, 15) is 4.79 Å². The fourth-order valence-corrected chi connectivity index (χ4v) is 3.65. The molecular formula is C21H24N4OS. The van der Waals surface area contributed by atoms with Gasteiger partial charge in [-0.15, -0.1) is 0 Å². The predicted molar refractivity (Wildman–Crippen MR) is 109 cm³/mol. The van der Waals surface area contributed by atoms with Crippen LogP contribution in [0.1, 0.15) is 16.8 Å². The smallest absolute Gasteiger partial charge is 0.232 e.